The van der Waals surface area contributed by atoms with E-state index in [1.165, 1.54) is 0 Å². The number of hydrogen-bond donors (Lipinski definition) is 1. The highest BCUT2D eigenvalue weighted by Crippen LogP contribution is 2.37. The van der Waals surface area contributed by atoms with Gasteiger partial charge in [-0.25, -0.2) is 9.67 Å². The largest absolute Gasteiger partial charge is 0.496 e. The molecule has 2 atom stereocenters. The first-order valence-electron chi connectivity index (χ1n) is 12.7. The number of methoxy groups -OCH3 is 1. The summed E-state index contributed by atoms with van der Waals surface area (Å²) in [5.41, 5.74) is 1.93. The van der Waals surface area contributed by atoms with Crippen molar-refractivity contribution in [1.29, 1.82) is 0 Å². The van der Waals surface area contributed by atoms with Crippen LogP contribution in [-0.2, 0) is 24.4 Å². The summed E-state index contributed by atoms with van der Waals surface area (Å²) in [5.74, 6) is 2.25. The molecule has 200 valence electrons. The monoisotopic (exact) mass is 522 g/mol. The predicted octanol–water partition coefficient (Wildman–Crippen LogP) is 1.43. The smallest absolute Gasteiger partial charge is 0.274 e. The molecule has 1 aromatic carbocycles. The quantitative estimate of drug-likeness (QED) is 0.541. The average Bonchev–Trinajstić information content (AvgIpc) is 3.46. The Bertz CT molecular complexity index is 1300. The van der Waals surface area contributed by atoms with Crippen molar-refractivity contribution in [2.45, 2.75) is 38.3 Å². The fourth-order valence-corrected chi connectivity index (χ4v) is 4.94. The summed E-state index contributed by atoms with van der Waals surface area (Å²) < 4.78 is 31.2. The summed E-state index contributed by atoms with van der Waals surface area (Å²) in [4.78, 5) is 19.8. The van der Waals surface area contributed by atoms with Crippen molar-refractivity contribution >= 4 is 5.91 Å². The molecule has 1 amide bonds. The second kappa shape index (κ2) is 10.8. The van der Waals surface area contributed by atoms with Crippen molar-refractivity contribution in [1.82, 2.24) is 30.2 Å². The van der Waals surface area contributed by atoms with Gasteiger partial charge in [0.2, 0.25) is 0 Å². The van der Waals surface area contributed by atoms with Gasteiger partial charge in [-0.1, -0.05) is 5.21 Å². The van der Waals surface area contributed by atoms with Crippen molar-refractivity contribution in [3.05, 3.63) is 53.6 Å². The lowest BCUT2D eigenvalue weighted by Crippen LogP contribution is -2.44. The van der Waals surface area contributed by atoms with Gasteiger partial charge in [-0.05, 0) is 18.2 Å². The van der Waals surface area contributed by atoms with E-state index in [0.717, 1.165) is 23.4 Å². The molecule has 3 aliphatic heterocycles. The lowest BCUT2D eigenvalue weighted by atomic mass is 10.1. The number of likely N-dealkylation sites (tertiary alicyclic amines) is 1. The molecular weight excluding hydrogens is 492 g/mol. The SMILES string of the molecule is COc1cc2c(cc1CN1C[C@@H]3NC(=O)c4ncccc4OCCn4cc(nn4)CO[C@H]3C1)OCCCO2. The third kappa shape index (κ3) is 5.22. The Morgan fingerprint density at radius 2 is 1.95 bits per heavy atom. The van der Waals surface area contributed by atoms with Gasteiger partial charge in [0.1, 0.15) is 18.1 Å². The van der Waals surface area contributed by atoms with Crippen LogP contribution in [0.2, 0.25) is 0 Å². The third-order valence-corrected chi connectivity index (χ3v) is 6.80. The first-order valence-corrected chi connectivity index (χ1v) is 12.7. The van der Waals surface area contributed by atoms with E-state index in [1.807, 2.05) is 18.3 Å². The Kier molecular flexibility index (Phi) is 6.97. The number of carbonyl (C=O) groups is 1. The number of nitrogens with one attached hydrogen (secondary N) is 1. The van der Waals surface area contributed by atoms with E-state index >= 15 is 0 Å². The van der Waals surface area contributed by atoms with Crippen LogP contribution in [0.15, 0.2) is 36.7 Å². The first kappa shape index (κ1) is 24.4. The summed E-state index contributed by atoms with van der Waals surface area (Å²) in [5, 5.41) is 11.5. The van der Waals surface area contributed by atoms with Crippen LogP contribution < -0.4 is 24.3 Å². The lowest BCUT2D eigenvalue weighted by Gasteiger charge is -2.20. The average molecular weight is 523 g/mol. The molecule has 1 N–H and O–H groups in total. The predicted molar refractivity (Wildman–Crippen MR) is 133 cm³/mol. The van der Waals surface area contributed by atoms with Crippen molar-refractivity contribution in [3.8, 4) is 23.0 Å². The first-order chi connectivity index (χ1) is 18.7. The second-order valence-corrected chi connectivity index (χ2v) is 9.46. The Morgan fingerprint density at radius 3 is 2.82 bits per heavy atom. The van der Waals surface area contributed by atoms with E-state index in [9.17, 15) is 4.79 Å². The van der Waals surface area contributed by atoms with Crippen LogP contribution in [0.25, 0.3) is 0 Å². The number of amides is 1. The van der Waals surface area contributed by atoms with Gasteiger partial charge in [-0.2, -0.15) is 0 Å². The molecule has 0 spiro atoms. The lowest BCUT2D eigenvalue weighted by molar-refractivity contribution is 0.0292. The molecule has 2 aromatic heterocycles. The van der Waals surface area contributed by atoms with Crippen LogP contribution in [0.3, 0.4) is 0 Å². The number of aromatic nitrogens is 4. The maximum absolute atomic E-state index is 13.3. The molecule has 0 saturated carbocycles. The molecule has 38 heavy (non-hydrogen) atoms. The Hall–Kier alpha value is -3.90. The molecule has 0 aliphatic carbocycles. The zero-order valence-corrected chi connectivity index (χ0v) is 21.2. The maximum Gasteiger partial charge on any atom is 0.274 e. The molecule has 5 heterocycles. The van der Waals surface area contributed by atoms with Gasteiger partial charge in [0.15, 0.2) is 22.9 Å². The normalized spacial score (nSPS) is 21.8. The fourth-order valence-electron chi connectivity index (χ4n) is 4.94. The van der Waals surface area contributed by atoms with E-state index < -0.39 is 0 Å². The van der Waals surface area contributed by atoms with Crippen LogP contribution in [0.4, 0.5) is 0 Å². The number of pyridine rings is 1. The molecule has 0 radical (unpaired) electrons. The van der Waals surface area contributed by atoms with Crippen LogP contribution in [-0.4, -0.2) is 83.0 Å². The molecule has 1 fully saturated rings. The molecule has 6 rings (SSSR count). The van der Waals surface area contributed by atoms with Crippen LogP contribution >= 0.6 is 0 Å². The van der Waals surface area contributed by atoms with Crippen molar-refractivity contribution in [2.75, 3.05) is 40.0 Å². The Morgan fingerprint density at radius 1 is 1.11 bits per heavy atom. The van der Waals surface area contributed by atoms with E-state index in [-0.39, 0.29) is 30.4 Å². The fraction of sp³-hybridized carbons (Fsp3) is 0.462. The van der Waals surface area contributed by atoms with Gasteiger partial charge < -0.3 is 29.0 Å². The van der Waals surface area contributed by atoms with Crippen LogP contribution in [0.1, 0.15) is 28.2 Å². The highest BCUT2D eigenvalue weighted by atomic mass is 16.5. The minimum absolute atomic E-state index is 0.241. The molecule has 1 saturated heterocycles. The minimum Gasteiger partial charge on any atom is -0.496 e. The highest BCUT2D eigenvalue weighted by molar-refractivity contribution is 5.95. The highest BCUT2D eigenvalue weighted by Gasteiger charge is 2.36. The summed E-state index contributed by atoms with van der Waals surface area (Å²) in [7, 11) is 1.65. The van der Waals surface area contributed by atoms with E-state index in [1.54, 1.807) is 30.1 Å². The second-order valence-electron chi connectivity index (χ2n) is 9.46. The van der Waals surface area contributed by atoms with Gasteiger partial charge in [0.05, 0.1) is 51.8 Å². The minimum atomic E-state index is -0.303. The maximum atomic E-state index is 13.3. The number of hydrogen-bond acceptors (Lipinski definition) is 10. The van der Waals surface area contributed by atoms with E-state index in [0.29, 0.717) is 63.2 Å². The summed E-state index contributed by atoms with van der Waals surface area (Å²) in [6.45, 7) is 4.07. The van der Waals surface area contributed by atoms with E-state index in [4.69, 9.17) is 23.7 Å². The standard InChI is InChI=1S/C26H30N6O6/c1-34-21-11-23-22(35-7-3-8-36-23)10-17(21)12-31-14-19-24(15-31)38-16-18-13-32(30-29-18)6-9-37-20-4-2-5-27-25(20)26(33)28-19/h2,4-5,10-11,13,19,24H,3,6-9,12,14-16H2,1H3,(H,28,33)/t19-,24-/m0/s1. The summed E-state index contributed by atoms with van der Waals surface area (Å²) in [6.07, 6.45) is 3.99. The molecular formula is C26H30N6O6. The number of rotatable bonds is 3. The van der Waals surface area contributed by atoms with Crippen LogP contribution in [0, 0.1) is 0 Å². The van der Waals surface area contributed by atoms with Gasteiger partial charge in [0.25, 0.3) is 5.91 Å². The van der Waals surface area contributed by atoms with Gasteiger partial charge in [-0.15, -0.1) is 5.10 Å². The van der Waals surface area contributed by atoms with Crippen LogP contribution in [0.5, 0.6) is 23.0 Å². The molecule has 12 heteroatoms. The molecule has 0 unspecified atom stereocenters. The molecule has 2 bridgehead atoms. The number of benzene rings is 1. The van der Waals surface area contributed by atoms with Gasteiger partial charge in [0, 0.05) is 43.9 Å². The topological polar surface area (TPSA) is 122 Å². The Balaban J connectivity index is 1.25. The molecule has 3 aromatic rings. The Labute approximate surface area is 219 Å². The number of fused-ring (bicyclic) bond motifs is 5. The molecule has 12 nitrogen and oxygen atoms in total. The molecule has 3 aliphatic rings. The van der Waals surface area contributed by atoms with Gasteiger partial charge in [-0.3, -0.25) is 9.69 Å². The number of ether oxygens (including phenoxy) is 5. The zero-order valence-electron chi connectivity index (χ0n) is 21.2. The van der Waals surface area contributed by atoms with Crippen molar-refractivity contribution in [3.63, 3.8) is 0 Å². The summed E-state index contributed by atoms with van der Waals surface area (Å²) >= 11 is 0. The van der Waals surface area contributed by atoms with Gasteiger partial charge >= 0.3 is 0 Å². The van der Waals surface area contributed by atoms with Crippen molar-refractivity contribution < 1.29 is 28.5 Å². The third-order valence-electron chi connectivity index (χ3n) is 6.80. The zero-order chi connectivity index (χ0) is 25.9. The summed E-state index contributed by atoms with van der Waals surface area (Å²) in [6, 6.07) is 7.07. The van der Waals surface area contributed by atoms with Crippen molar-refractivity contribution in [2.24, 2.45) is 0 Å². The van der Waals surface area contributed by atoms with E-state index in [2.05, 4.69) is 25.5 Å². The number of nitrogens with zero attached hydrogens (tertiary/aromatic N) is 5. The number of carbonyl (C=O) groups excluding carboxylic acids is 1.